The Morgan fingerprint density at radius 2 is 2.04 bits per heavy atom. The normalized spacial score (nSPS) is 16.4. The van der Waals surface area contributed by atoms with Crippen molar-refractivity contribution in [3.05, 3.63) is 42.2 Å². The summed E-state index contributed by atoms with van der Waals surface area (Å²) in [4.78, 5) is 15.4. The minimum absolute atomic E-state index is 0.129. The van der Waals surface area contributed by atoms with Gasteiger partial charge in [0.25, 0.3) is 0 Å². The third-order valence-corrected chi connectivity index (χ3v) is 4.83. The zero-order valence-corrected chi connectivity index (χ0v) is 14.6. The molecule has 134 valence electrons. The molecular formula is C19H25N3O3. The van der Waals surface area contributed by atoms with Crippen LogP contribution in [0.15, 0.2) is 40.9 Å². The fraction of sp³-hybridized carbons (Fsp3) is 0.474. The van der Waals surface area contributed by atoms with Crippen LogP contribution in [0.1, 0.15) is 25.5 Å². The maximum absolute atomic E-state index is 11.0. The molecule has 1 saturated heterocycles. The zero-order valence-electron chi connectivity index (χ0n) is 14.6. The average Bonchev–Trinajstić information content (AvgIpc) is 3.09. The number of hydrogen-bond donors (Lipinski definition) is 1. The Morgan fingerprint density at radius 3 is 2.68 bits per heavy atom. The van der Waals surface area contributed by atoms with E-state index in [2.05, 4.69) is 15.0 Å². The van der Waals surface area contributed by atoms with Gasteiger partial charge in [0.15, 0.2) is 5.76 Å². The lowest BCUT2D eigenvalue weighted by Crippen LogP contribution is -2.46. The molecule has 0 radical (unpaired) electrons. The fourth-order valence-corrected chi connectivity index (χ4v) is 3.47. The minimum atomic E-state index is -0.751. The van der Waals surface area contributed by atoms with E-state index in [1.165, 1.54) is 0 Å². The SMILES string of the molecule is CCN(CC(=O)O)C1CCN(Cc2cc(-c3ccccc3)no2)CC1. The van der Waals surface area contributed by atoms with Crippen LogP contribution < -0.4 is 0 Å². The predicted molar refractivity (Wildman–Crippen MR) is 95.1 cm³/mol. The van der Waals surface area contributed by atoms with E-state index in [9.17, 15) is 4.79 Å². The van der Waals surface area contributed by atoms with Crippen LogP contribution in [0.25, 0.3) is 11.3 Å². The summed E-state index contributed by atoms with van der Waals surface area (Å²) in [5.41, 5.74) is 1.92. The lowest BCUT2D eigenvalue weighted by Gasteiger charge is -2.37. The van der Waals surface area contributed by atoms with Crippen molar-refractivity contribution in [1.29, 1.82) is 0 Å². The van der Waals surface area contributed by atoms with Gasteiger partial charge in [-0.25, -0.2) is 0 Å². The highest BCUT2D eigenvalue weighted by atomic mass is 16.5. The first kappa shape index (κ1) is 17.6. The van der Waals surface area contributed by atoms with Crippen LogP contribution in [0, 0.1) is 0 Å². The smallest absolute Gasteiger partial charge is 0.317 e. The Bertz CT molecular complexity index is 678. The van der Waals surface area contributed by atoms with Crippen molar-refractivity contribution >= 4 is 5.97 Å². The van der Waals surface area contributed by atoms with Crippen molar-refractivity contribution in [1.82, 2.24) is 15.0 Å². The van der Waals surface area contributed by atoms with E-state index in [0.717, 1.165) is 56.0 Å². The summed E-state index contributed by atoms with van der Waals surface area (Å²) in [6.07, 6.45) is 1.97. The fourth-order valence-electron chi connectivity index (χ4n) is 3.47. The highest BCUT2D eigenvalue weighted by Crippen LogP contribution is 2.22. The number of carboxylic acids is 1. The summed E-state index contributed by atoms with van der Waals surface area (Å²) < 4.78 is 5.49. The van der Waals surface area contributed by atoms with Crippen LogP contribution in [0.5, 0.6) is 0 Å². The van der Waals surface area contributed by atoms with Gasteiger partial charge >= 0.3 is 5.97 Å². The summed E-state index contributed by atoms with van der Waals surface area (Å²) in [5, 5.41) is 13.2. The molecule has 1 aliphatic heterocycles. The summed E-state index contributed by atoms with van der Waals surface area (Å²) in [6, 6.07) is 12.4. The quantitative estimate of drug-likeness (QED) is 0.833. The van der Waals surface area contributed by atoms with Gasteiger partial charge in [-0.15, -0.1) is 0 Å². The van der Waals surface area contributed by atoms with Gasteiger partial charge in [0, 0.05) is 30.8 Å². The lowest BCUT2D eigenvalue weighted by atomic mass is 10.0. The first-order chi connectivity index (χ1) is 12.2. The molecule has 3 rings (SSSR count). The maximum atomic E-state index is 11.0. The topological polar surface area (TPSA) is 69.8 Å². The Hall–Kier alpha value is -2.18. The molecule has 6 nitrogen and oxygen atoms in total. The number of aromatic nitrogens is 1. The van der Waals surface area contributed by atoms with Crippen LogP contribution in [0.2, 0.25) is 0 Å². The monoisotopic (exact) mass is 343 g/mol. The van der Waals surface area contributed by atoms with Crippen molar-refractivity contribution < 1.29 is 14.4 Å². The van der Waals surface area contributed by atoms with Crippen LogP contribution in [0.3, 0.4) is 0 Å². The highest BCUT2D eigenvalue weighted by Gasteiger charge is 2.25. The van der Waals surface area contributed by atoms with Gasteiger partial charge in [0.05, 0.1) is 13.1 Å². The van der Waals surface area contributed by atoms with Crippen molar-refractivity contribution in [2.45, 2.75) is 32.4 Å². The number of rotatable bonds is 7. The Kier molecular flexibility index (Phi) is 5.83. The van der Waals surface area contributed by atoms with E-state index in [1.54, 1.807) is 0 Å². The van der Waals surface area contributed by atoms with Gasteiger partial charge in [0.2, 0.25) is 0 Å². The highest BCUT2D eigenvalue weighted by molar-refractivity contribution is 5.69. The molecule has 0 saturated carbocycles. The molecule has 2 aromatic rings. The number of nitrogens with zero attached hydrogens (tertiary/aromatic N) is 3. The van der Waals surface area contributed by atoms with Gasteiger partial charge in [-0.3, -0.25) is 14.6 Å². The Morgan fingerprint density at radius 1 is 1.32 bits per heavy atom. The van der Waals surface area contributed by atoms with Crippen LogP contribution >= 0.6 is 0 Å². The third kappa shape index (κ3) is 4.67. The Balaban J connectivity index is 1.52. The number of piperidine rings is 1. The number of aliphatic carboxylic acids is 1. The average molecular weight is 343 g/mol. The molecule has 0 bridgehead atoms. The number of likely N-dealkylation sites (tertiary alicyclic amines) is 1. The van der Waals surface area contributed by atoms with E-state index in [1.807, 2.05) is 43.3 Å². The van der Waals surface area contributed by atoms with Crippen LogP contribution in [-0.4, -0.2) is 58.3 Å². The molecule has 0 atom stereocenters. The van der Waals surface area contributed by atoms with Crippen LogP contribution in [-0.2, 0) is 11.3 Å². The molecule has 2 heterocycles. The first-order valence-electron chi connectivity index (χ1n) is 8.85. The molecule has 1 aromatic heterocycles. The van der Waals surface area contributed by atoms with Crippen LogP contribution in [0.4, 0.5) is 0 Å². The molecule has 1 aromatic carbocycles. The standard InChI is InChI=1S/C19H25N3O3/c1-2-22(14-19(23)24)16-8-10-21(11-9-16)13-17-12-18(20-25-17)15-6-4-3-5-7-15/h3-7,12,16H,2,8-11,13-14H2,1H3,(H,23,24). The number of carbonyl (C=O) groups is 1. The van der Waals surface area contributed by atoms with E-state index in [-0.39, 0.29) is 6.54 Å². The number of benzene rings is 1. The summed E-state index contributed by atoms with van der Waals surface area (Å²) in [5.74, 6) is 0.120. The lowest BCUT2D eigenvalue weighted by molar-refractivity contribution is -0.139. The second-order valence-corrected chi connectivity index (χ2v) is 6.51. The molecule has 0 aliphatic carbocycles. The second kappa shape index (κ2) is 8.27. The van der Waals surface area contributed by atoms with Gasteiger partial charge in [-0.05, 0) is 19.4 Å². The zero-order chi connectivity index (χ0) is 17.6. The largest absolute Gasteiger partial charge is 0.480 e. The molecule has 0 spiro atoms. The van der Waals surface area contributed by atoms with Gasteiger partial charge in [-0.2, -0.15) is 0 Å². The van der Waals surface area contributed by atoms with Crippen molar-refractivity contribution in [2.24, 2.45) is 0 Å². The number of carboxylic acid groups (broad SMARTS) is 1. The van der Waals surface area contributed by atoms with Crippen molar-refractivity contribution in [3.8, 4) is 11.3 Å². The van der Waals surface area contributed by atoms with Gasteiger partial charge in [0.1, 0.15) is 5.69 Å². The molecule has 1 fully saturated rings. The van der Waals surface area contributed by atoms with E-state index < -0.39 is 5.97 Å². The molecule has 1 aliphatic rings. The molecular weight excluding hydrogens is 318 g/mol. The minimum Gasteiger partial charge on any atom is -0.480 e. The summed E-state index contributed by atoms with van der Waals surface area (Å²) in [7, 11) is 0. The van der Waals surface area contributed by atoms with E-state index >= 15 is 0 Å². The molecule has 25 heavy (non-hydrogen) atoms. The van der Waals surface area contributed by atoms with Gasteiger partial charge < -0.3 is 9.63 Å². The van der Waals surface area contributed by atoms with E-state index in [4.69, 9.17) is 9.63 Å². The third-order valence-electron chi connectivity index (χ3n) is 4.83. The first-order valence-corrected chi connectivity index (χ1v) is 8.85. The molecule has 1 N–H and O–H groups in total. The summed E-state index contributed by atoms with van der Waals surface area (Å²) in [6.45, 7) is 5.57. The molecule has 6 heteroatoms. The molecule has 0 unspecified atom stereocenters. The number of likely N-dealkylation sites (N-methyl/N-ethyl adjacent to an activating group) is 1. The van der Waals surface area contributed by atoms with E-state index in [0.29, 0.717) is 6.04 Å². The number of hydrogen-bond acceptors (Lipinski definition) is 5. The molecule has 0 amide bonds. The second-order valence-electron chi connectivity index (χ2n) is 6.51. The predicted octanol–water partition coefficient (Wildman–Crippen LogP) is 2.71. The van der Waals surface area contributed by atoms with Crippen molar-refractivity contribution in [2.75, 3.05) is 26.2 Å². The van der Waals surface area contributed by atoms with Crippen molar-refractivity contribution in [3.63, 3.8) is 0 Å². The maximum Gasteiger partial charge on any atom is 0.317 e. The Labute approximate surface area is 148 Å². The van der Waals surface area contributed by atoms with Gasteiger partial charge in [-0.1, -0.05) is 42.4 Å². The summed E-state index contributed by atoms with van der Waals surface area (Å²) >= 11 is 0.